The Morgan fingerprint density at radius 1 is 1.00 bits per heavy atom. The number of methoxy groups -OCH3 is 2. The number of nitrogens with one attached hydrogen (secondary N) is 1. The van der Waals surface area contributed by atoms with Crippen molar-refractivity contribution < 1.29 is 22.7 Å². The third-order valence-electron chi connectivity index (χ3n) is 3.40. The van der Waals surface area contributed by atoms with Gasteiger partial charge in [-0.1, -0.05) is 12.1 Å². The fourth-order valence-corrected chi connectivity index (χ4v) is 3.83. The van der Waals surface area contributed by atoms with Crippen molar-refractivity contribution in [2.45, 2.75) is 4.90 Å². The van der Waals surface area contributed by atoms with E-state index in [9.17, 15) is 13.2 Å². The number of sulfonamides is 1. The number of carbonyl (C=O) groups excluding carboxylic acids is 1. The molecule has 1 aliphatic heterocycles. The SMILES string of the molecule is COc1cc(OC)cc(N2C(=O)Nc3ccccc3S2(=O)=O)c1. The first kappa shape index (κ1) is 15.2. The molecule has 0 fully saturated rings. The summed E-state index contributed by atoms with van der Waals surface area (Å²) in [6, 6.07) is 9.95. The molecule has 0 bridgehead atoms. The van der Waals surface area contributed by atoms with Crippen molar-refractivity contribution in [3.05, 3.63) is 42.5 Å². The van der Waals surface area contributed by atoms with Crippen LogP contribution in [-0.4, -0.2) is 28.7 Å². The van der Waals surface area contributed by atoms with Crippen LogP contribution >= 0.6 is 0 Å². The molecule has 2 aromatic rings. The Morgan fingerprint density at radius 2 is 1.61 bits per heavy atom. The first-order valence-corrected chi connectivity index (χ1v) is 8.10. The van der Waals surface area contributed by atoms with E-state index in [-0.39, 0.29) is 16.3 Å². The number of urea groups is 1. The Morgan fingerprint density at radius 3 is 2.22 bits per heavy atom. The second-order valence-electron chi connectivity index (χ2n) is 4.77. The number of anilines is 2. The predicted octanol–water partition coefficient (Wildman–Crippen LogP) is 2.44. The number of rotatable bonds is 3. The van der Waals surface area contributed by atoms with Gasteiger partial charge in [0.2, 0.25) is 0 Å². The molecule has 0 aromatic heterocycles. The fourth-order valence-electron chi connectivity index (χ4n) is 2.33. The molecule has 0 saturated heterocycles. The maximum absolute atomic E-state index is 12.8. The summed E-state index contributed by atoms with van der Waals surface area (Å²) in [4.78, 5) is 12.4. The normalized spacial score (nSPS) is 15.6. The molecule has 8 heteroatoms. The van der Waals surface area contributed by atoms with Crippen molar-refractivity contribution in [3.63, 3.8) is 0 Å². The highest BCUT2D eigenvalue weighted by molar-refractivity contribution is 7.94. The third kappa shape index (κ3) is 2.46. The van der Waals surface area contributed by atoms with E-state index in [0.29, 0.717) is 15.8 Å². The van der Waals surface area contributed by atoms with Crippen LogP contribution in [0.1, 0.15) is 0 Å². The average Bonchev–Trinajstić information content (AvgIpc) is 2.54. The number of amides is 2. The number of hydrogen-bond donors (Lipinski definition) is 1. The number of nitrogens with zero attached hydrogens (tertiary/aromatic N) is 1. The van der Waals surface area contributed by atoms with E-state index in [0.717, 1.165) is 0 Å². The first-order chi connectivity index (χ1) is 11.0. The largest absolute Gasteiger partial charge is 0.497 e. The summed E-state index contributed by atoms with van der Waals surface area (Å²) in [5.41, 5.74) is 0.386. The quantitative estimate of drug-likeness (QED) is 0.932. The van der Waals surface area contributed by atoms with E-state index in [4.69, 9.17) is 9.47 Å². The van der Waals surface area contributed by atoms with Crippen LogP contribution in [0, 0.1) is 0 Å². The van der Waals surface area contributed by atoms with E-state index >= 15 is 0 Å². The lowest BCUT2D eigenvalue weighted by Gasteiger charge is -2.29. The predicted molar refractivity (Wildman–Crippen MR) is 84.7 cm³/mol. The van der Waals surface area contributed by atoms with Gasteiger partial charge in [-0.15, -0.1) is 0 Å². The fraction of sp³-hybridized carbons (Fsp3) is 0.133. The summed E-state index contributed by atoms with van der Waals surface area (Å²) in [6.45, 7) is 0. The van der Waals surface area contributed by atoms with Crippen LogP contribution in [0.2, 0.25) is 0 Å². The number of hydrogen-bond acceptors (Lipinski definition) is 5. The van der Waals surface area contributed by atoms with E-state index in [1.165, 1.54) is 38.5 Å². The van der Waals surface area contributed by atoms with Gasteiger partial charge in [0.15, 0.2) is 0 Å². The Hall–Kier alpha value is -2.74. The molecular weight excluding hydrogens is 320 g/mol. The van der Waals surface area contributed by atoms with E-state index in [1.54, 1.807) is 18.2 Å². The molecule has 0 radical (unpaired) electrons. The Bertz CT molecular complexity index is 857. The second-order valence-corrected chi connectivity index (χ2v) is 6.52. The summed E-state index contributed by atoms with van der Waals surface area (Å²) >= 11 is 0. The maximum Gasteiger partial charge on any atom is 0.340 e. The van der Waals surface area contributed by atoms with Gasteiger partial charge in [0, 0.05) is 18.2 Å². The topological polar surface area (TPSA) is 84.9 Å². The molecule has 23 heavy (non-hydrogen) atoms. The molecular formula is C15H14N2O5S. The van der Waals surface area contributed by atoms with Gasteiger partial charge in [-0.25, -0.2) is 13.2 Å². The van der Waals surface area contributed by atoms with Gasteiger partial charge < -0.3 is 14.8 Å². The minimum Gasteiger partial charge on any atom is -0.497 e. The second kappa shape index (κ2) is 5.47. The van der Waals surface area contributed by atoms with Crippen LogP contribution < -0.4 is 19.1 Å². The molecule has 0 spiro atoms. The highest BCUT2D eigenvalue weighted by Crippen LogP contribution is 2.36. The van der Waals surface area contributed by atoms with Crippen molar-refractivity contribution >= 4 is 27.4 Å². The van der Waals surface area contributed by atoms with Crippen LogP contribution in [0.25, 0.3) is 0 Å². The molecule has 7 nitrogen and oxygen atoms in total. The zero-order valence-corrected chi connectivity index (χ0v) is 13.3. The van der Waals surface area contributed by atoms with Crippen molar-refractivity contribution in [2.75, 3.05) is 23.8 Å². The number of ether oxygens (including phenoxy) is 2. The lowest BCUT2D eigenvalue weighted by Crippen LogP contribution is -2.44. The monoisotopic (exact) mass is 334 g/mol. The van der Waals surface area contributed by atoms with Crippen LogP contribution in [0.3, 0.4) is 0 Å². The molecule has 1 heterocycles. The minimum absolute atomic E-state index is 0.0291. The number of benzene rings is 2. The first-order valence-electron chi connectivity index (χ1n) is 6.66. The molecule has 2 amide bonds. The number of fused-ring (bicyclic) bond motifs is 1. The molecule has 2 aromatic carbocycles. The van der Waals surface area contributed by atoms with Gasteiger partial charge in [0.1, 0.15) is 16.4 Å². The van der Waals surface area contributed by atoms with Gasteiger partial charge in [-0.3, -0.25) is 0 Å². The number of carbonyl (C=O) groups is 1. The zero-order valence-electron chi connectivity index (χ0n) is 12.4. The summed E-state index contributed by atoms with van der Waals surface area (Å²) < 4.78 is 36.5. The van der Waals surface area contributed by atoms with Crippen LogP contribution in [0.4, 0.5) is 16.2 Å². The zero-order chi connectivity index (χ0) is 16.6. The standard InChI is InChI=1S/C15H14N2O5S/c1-21-11-7-10(8-12(9-11)22-2)17-15(18)16-13-5-3-4-6-14(13)23(17,19)20/h3-9H,1-2H3,(H,16,18). The Kier molecular flexibility index (Phi) is 3.61. The molecule has 1 aliphatic rings. The smallest absolute Gasteiger partial charge is 0.340 e. The van der Waals surface area contributed by atoms with Crippen molar-refractivity contribution in [3.8, 4) is 11.5 Å². The Balaban J connectivity index is 2.19. The molecule has 0 atom stereocenters. The molecule has 0 saturated carbocycles. The lowest BCUT2D eigenvalue weighted by molar-refractivity contribution is 0.259. The van der Waals surface area contributed by atoms with Crippen molar-refractivity contribution in [1.82, 2.24) is 0 Å². The van der Waals surface area contributed by atoms with Crippen LogP contribution in [0.5, 0.6) is 11.5 Å². The summed E-state index contributed by atoms with van der Waals surface area (Å²) in [5.74, 6) is 0.752. The summed E-state index contributed by atoms with van der Waals surface area (Å²) in [7, 11) is -1.14. The van der Waals surface area contributed by atoms with E-state index in [2.05, 4.69) is 5.32 Å². The molecule has 3 rings (SSSR count). The van der Waals surface area contributed by atoms with Crippen LogP contribution in [-0.2, 0) is 10.0 Å². The number of para-hydroxylation sites is 1. The third-order valence-corrected chi connectivity index (χ3v) is 5.17. The highest BCUT2D eigenvalue weighted by Gasteiger charge is 2.38. The molecule has 120 valence electrons. The van der Waals surface area contributed by atoms with Gasteiger partial charge in [0.05, 0.1) is 25.6 Å². The minimum atomic E-state index is -4.02. The summed E-state index contributed by atoms with van der Waals surface area (Å²) in [6.07, 6.45) is 0. The Labute approximate surface area is 133 Å². The average molecular weight is 334 g/mol. The van der Waals surface area contributed by atoms with Gasteiger partial charge in [-0.2, -0.15) is 4.31 Å². The van der Waals surface area contributed by atoms with Gasteiger partial charge in [-0.05, 0) is 12.1 Å². The molecule has 0 aliphatic carbocycles. The van der Waals surface area contributed by atoms with E-state index in [1.807, 2.05) is 0 Å². The lowest BCUT2D eigenvalue weighted by atomic mass is 10.2. The highest BCUT2D eigenvalue weighted by atomic mass is 32.2. The summed E-state index contributed by atoms with van der Waals surface area (Å²) in [5, 5.41) is 2.57. The van der Waals surface area contributed by atoms with Crippen molar-refractivity contribution in [1.29, 1.82) is 0 Å². The maximum atomic E-state index is 12.8. The molecule has 0 unspecified atom stereocenters. The van der Waals surface area contributed by atoms with Gasteiger partial charge in [0.25, 0.3) is 10.0 Å². The van der Waals surface area contributed by atoms with Crippen molar-refractivity contribution in [2.24, 2.45) is 0 Å². The van der Waals surface area contributed by atoms with Crippen LogP contribution in [0.15, 0.2) is 47.4 Å². The van der Waals surface area contributed by atoms with Gasteiger partial charge >= 0.3 is 6.03 Å². The van der Waals surface area contributed by atoms with E-state index < -0.39 is 16.1 Å². The molecule has 1 N–H and O–H groups in total.